The highest BCUT2D eigenvalue weighted by Gasteiger charge is 2.59. The maximum Gasteiger partial charge on any atom is 0.417 e. The molecule has 0 radical (unpaired) electrons. The Kier molecular flexibility index (Phi) is 9.22. The Morgan fingerprint density at radius 3 is 2.43 bits per heavy atom. The van der Waals surface area contributed by atoms with E-state index in [1.807, 2.05) is 58.9 Å². The van der Waals surface area contributed by atoms with Crippen LogP contribution in [-0.4, -0.2) is 59.3 Å². The zero-order valence-corrected chi connectivity index (χ0v) is 24.8. The molecular weight excluding hydrogens is 553 g/mol. The molecule has 1 N–H and O–H groups in total. The average Bonchev–Trinajstić information content (AvgIpc) is 3.57. The van der Waals surface area contributed by atoms with Gasteiger partial charge in [0, 0.05) is 24.3 Å². The Balaban J connectivity index is 1.89. The summed E-state index contributed by atoms with van der Waals surface area (Å²) >= 11 is 0. The number of pyridine rings is 1. The van der Waals surface area contributed by atoms with E-state index in [-0.39, 0.29) is 36.5 Å². The average molecular weight is 593 g/mol. The molecule has 0 spiro atoms. The summed E-state index contributed by atoms with van der Waals surface area (Å²) in [4.78, 5) is 32.5. The van der Waals surface area contributed by atoms with Crippen LogP contribution in [-0.2, 0) is 31.8 Å². The second-order valence-corrected chi connectivity index (χ2v) is 12.4. The fraction of sp³-hybridized carbons (Fsp3) is 0.581. The molecule has 2 fully saturated rings. The number of rotatable bonds is 8. The van der Waals surface area contributed by atoms with Crippen molar-refractivity contribution in [1.82, 2.24) is 9.88 Å². The molecule has 1 amide bonds. The fourth-order valence-corrected chi connectivity index (χ4v) is 6.29. The van der Waals surface area contributed by atoms with Crippen LogP contribution in [0.25, 0.3) is 0 Å². The van der Waals surface area contributed by atoms with Crippen molar-refractivity contribution >= 4 is 11.9 Å². The maximum absolute atomic E-state index is 14.1. The van der Waals surface area contributed by atoms with E-state index in [2.05, 4.69) is 4.98 Å². The lowest BCUT2D eigenvalue weighted by atomic mass is 9.73. The number of amides is 1. The molecule has 11 heteroatoms. The molecule has 5 atom stereocenters. The molecule has 3 heterocycles. The van der Waals surface area contributed by atoms with Crippen LogP contribution in [0.5, 0.6) is 5.88 Å². The number of carboxylic acid groups (broad SMARTS) is 1. The lowest BCUT2D eigenvalue weighted by Crippen LogP contribution is -2.49. The molecule has 2 saturated heterocycles. The molecular formula is C31H39F3N2O6. The van der Waals surface area contributed by atoms with Gasteiger partial charge in [-0.2, -0.15) is 13.2 Å². The highest BCUT2D eigenvalue weighted by molar-refractivity contribution is 5.87. The van der Waals surface area contributed by atoms with Crippen molar-refractivity contribution in [3.8, 4) is 5.88 Å². The van der Waals surface area contributed by atoms with Crippen molar-refractivity contribution in [2.45, 2.75) is 77.9 Å². The van der Waals surface area contributed by atoms with E-state index in [9.17, 15) is 27.9 Å². The van der Waals surface area contributed by atoms with Crippen molar-refractivity contribution in [3.63, 3.8) is 0 Å². The van der Waals surface area contributed by atoms with Gasteiger partial charge in [-0.1, -0.05) is 58.9 Å². The smallest absolute Gasteiger partial charge is 0.417 e. The number of carbonyl (C=O) groups excluding carboxylic acids is 1. The van der Waals surface area contributed by atoms with Gasteiger partial charge < -0.3 is 24.2 Å². The number of benzene rings is 1. The number of carbonyl (C=O) groups is 2. The Hall–Kier alpha value is -3.18. The maximum atomic E-state index is 14.1. The number of alkyl halides is 3. The number of hydrogen-bond acceptors (Lipinski definition) is 6. The van der Waals surface area contributed by atoms with E-state index in [4.69, 9.17) is 14.2 Å². The SMILES string of the molecule is COc1ncc(C(F)(F)F)cc1COC1C(c2ccccc2C(C)C)N(C(=O)[C@@H]2CCOC2)C(C(=O)O)C1C(C)(C)C. The van der Waals surface area contributed by atoms with Crippen LogP contribution in [0.4, 0.5) is 13.2 Å². The van der Waals surface area contributed by atoms with E-state index >= 15 is 0 Å². The summed E-state index contributed by atoms with van der Waals surface area (Å²) in [5.41, 5.74) is 0.113. The fourth-order valence-electron chi connectivity index (χ4n) is 6.29. The third kappa shape index (κ3) is 6.27. The molecule has 42 heavy (non-hydrogen) atoms. The number of carboxylic acids is 1. The molecule has 2 aliphatic heterocycles. The van der Waals surface area contributed by atoms with Crippen LogP contribution in [0.2, 0.25) is 0 Å². The molecule has 2 aromatic rings. The molecule has 1 aromatic carbocycles. The number of aromatic nitrogens is 1. The van der Waals surface area contributed by atoms with Gasteiger partial charge in [0.2, 0.25) is 11.8 Å². The highest BCUT2D eigenvalue weighted by atomic mass is 19.4. The van der Waals surface area contributed by atoms with Crippen LogP contribution in [0.15, 0.2) is 36.5 Å². The van der Waals surface area contributed by atoms with Gasteiger partial charge in [0.05, 0.1) is 44.0 Å². The van der Waals surface area contributed by atoms with Gasteiger partial charge >= 0.3 is 12.1 Å². The van der Waals surface area contributed by atoms with Crippen LogP contribution >= 0.6 is 0 Å². The van der Waals surface area contributed by atoms with Crippen molar-refractivity contribution in [3.05, 3.63) is 58.8 Å². The summed E-state index contributed by atoms with van der Waals surface area (Å²) in [6.45, 7) is 9.93. The molecule has 1 aromatic heterocycles. The first-order chi connectivity index (χ1) is 19.7. The minimum absolute atomic E-state index is 0.0294. The Bertz CT molecular complexity index is 1290. The van der Waals surface area contributed by atoms with Crippen LogP contribution in [0.3, 0.4) is 0 Å². The monoisotopic (exact) mass is 592 g/mol. The van der Waals surface area contributed by atoms with E-state index in [0.717, 1.165) is 17.2 Å². The number of aliphatic carboxylic acids is 1. The van der Waals surface area contributed by atoms with Gasteiger partial charge in [0.25, 0.3) is 0 Å². The Morgan fingerprint density at radius 2 is 1.88 bits per heavy atom. The second-order valence-electron chi connectivity index (χ2n) is 12.4. The summed E-state index contributed by atoms with van der Waals surface area (Å²) in [6, 6.07) is 6.41. The second kappa shape index (κ2) is 12.2. The quantitative estimate of drug-likeness (QED) is 0.411. The lowest BCUT2D eigenvalue weighted by molar-refractivity contribution is -0.154. The zero-order chi connectivity index (χ0) is 31.0. The highest BCUT2D eigenvalue weighted by Crippen LogP contribution is 2.51. The predicted octanol–water partition coefficient (Wildman–Crippen LogP) is 5.85. The summed E-state index contributed by atoms with van der Waals surface area (Å²) in [6.07, 6.45) is -4.34. The van der Waals surface area contributed by atoms with Gasteiger partial charge in [-0.3, -0.25) is 4.79 Å². The van der Waals surface area contributed by atoms with Crippen molar-refractivity contribution in [2.24, 2.45) is 17.3 Å². The predicted molar refractivity (Wildman–Crippen MR) is 148 cm³/mol. The van der Waals surface area contributed by atoms with E-state index in [1.165, 1.54) is 12.0 Å². The molecule has 230 valence electrons. The van der Waals surface area contributed by atoms with Crippen molar-refractivity contribution in [2.75, 3.05) is 20.3 Å². The first kappa shape index (κ1) is 31.7. The zero-order valence-electron chi connectivity index (χ0n) is 24.8. The normalized spacial score (nSPS) is 24.8. The molecule has 8 nitrogen and oxygen atoms in total. The van der Waals surface area contributed by atoms with Crippen LogP contribution in [0.1, 0.15) is 75.3 Å². The third-order valence-electron chi connectivity index (χ3n) is 8.21. The van der Waals surface area contributed by atoms with E-state index < -0.39 is 53.1 Å². The number of hydrogen-bond donors (Lipinski definition) is 1. The first-order valence-electron chi connectivity index (χ1n) is 14.1. The van der Waals surface area contributed by atoms with E-state index in [1.54, 1.807) is 0 Å². The summed E-state index contributed by atoms with van der Waals surface area (Å²) < 4.78 is 57.9. The number of nitrogens with zero attached hydrogens (tertiary/aromatic N) is 2. The summed E-state index contributed by atoms with van der Waals surface area (Å²) in [7, 11) is 1.30. The first-order valence-corrected chi connectivity index (χ1v) is 14.1. The number of ether oxygens (including phenoxy) is 3. The molecule has 0 aliphatic carbocycles. The molecule has 4 rings (SSSR count). The van der Waals surface area contributed by atoms with Gasteiger partial charge in [0.15, 0.2) is 0 Å². The van der Waals surface area contributed by atoms with Crippen molar-refractivity contribution < 1.29 is 42.1 Å². The number of likely N-dealkylation sites (tertiary alicyclic amines) is 1. The van der Waals surface area contributed by atoms with Crippen molar-refractivity contribution in [1.29, 1.82) is 0 Å². The number of methoxy groups -OCH3 is 1. The van der Waals surface area contributed by atoms with Gasteiger partial charge in [-0.05, 0) is 34.9 Å². The lowest BCUT2D eigenvalue weighted by Gasteiger charge is -2.35. The number of halogens is 3. The van der Waals surface area contributed by atoms with Crippen LogP contribution < -0.4 is 4.74 Å². The van der Waals surface area contributed by atoms with Crippen LogP contribution in [0, 0.1) is 17.3 Å². The molecule has 4 unspecified atom stereocenters. The minimum Gasteiger partial charge on any atom is -0.481 e. The molecule has 0 bridgehead atoms. The Labute approximate surface area is 244 Å². The molecule has 0 saturated carbocycles. The van der Waals surface area contributed by atoms with Gasteiger partial charge in [-0.25, -0.2) is 9.78 Å². The largest absolute Gasteiger partial charge is 0.481 e. The van der Waals surface area contributed by atoms with E-state index in [0.29, 0.717) is 19.2 Å². The third-order valence-corrected chi connectivity index (χ3v) is 8.21. The molecule has 2 aliphatic rings. The van der Waals surface area contributed by atoms with Gasteiger partial charge in [0.1, 0.15) is 6.04 Å². The Morgan fingerprint density at radius 1 is 1.19 bits per heavy atom. The minimum atomic E-state index is -4.63. The van der Waals surface area contributed by atoms with Gasteiger partial charge in [-0.15, -0.1) is 0 Å². The summed E-state index contributed by atoms with van der Waals surface area (Å²) in [5, 5.41) is 10.6. The standard InChI is InChI=1S/C31H39F3N2O6/c1-17(2)21-9-7-8-10-22(21)24-26(42-16-19-13-20(31(32,33)34)14-35-27(19)40-6)23(30(3,4)5)25(29(38)39)36(24)28(37)18-11-12-41-15-18/h7-10,13-14,17-18,23-26H,11-12,15-16H2,1-6H3,(H,38,39)/t18-,23?,24?,25?,26?/m1/s1. The topological polar surface area (TPSA) is 98.2 Å². The summed E-state index contributed by atoms with van der Waals surface area (Å²) in [5.74, 6) is -2.71.